The van der Waals surface area contributed by atoms with Crippen LogP contribution in [0.1, 0.15) is 60.7 Å². The summed E-state index contributed by atoms with van der Waals surface area (Å²) in [7, 11) is 4.50. The molecule has 0 radical (unpaired) electrons. The highest BCUT2D eigenvalue weighted by molar-refractivity contribution is 6.05. The molecule has 0 bridgehead atoms. The second-order valence-corrected chi connectivity index (χ2v) is 10.3. The summed E-state index contributed by atoms with van der Waals surface area (Å²) in [5, 5.41) is 0. The number of hydrogen-bond donors (Lipinski definition) is 0. The molecule has 2 aliphatic rings. The van der Waals surface area contributed by atoms with E-state index in [4.69, 9.17) is 23.7 Å². The Morgan fingerprint density at radius 1 is 0.917 bits per heavy atom. The molecule has 2 aliphatic heterocycles. The number of rotatable bonds is 6. The highest BCUT2D eigenvalue weighted by Crippen LogP contribution is 2.28. The van der Waals surface area contributed by atoms with E-state index in [1.54, 1.807) is 17.0 Å². The van der Waals surface area contributed by atoms with E-state index in [2.05, 4.69) is 4.90 Å². The van der Waals surface area contributed by atoms with Gasteiger partial charge in [0.1, 0.15) is 23.0 Å². The number of hydrogen-bond acceptors (Lipinski definition) is 9. The van der Waals surface area contributed by atoms with Crippen molar-refractivity contribution in [3.8, 4) is 5.75 Å². The van der Waals surface area contributed by atoms with Crippen LogP contribution in [0, 0.1) is 0 Å². The van der Waals surface area contributed by atoms with Gasteiger partial charge in [-0.3, -0.25) is 0 Å². The fourth-order valence-corrected chi connectivity index (χ4v) is 4.57. The van der Waals surface area contributed by atoms with Gasteiger partial charge in [0.05, 0.1) is 32.0 Å². The van der Waals surface area contributed by atoms with E-state index in [0.29, 0.717) is 26.1 Å². The number of methoxy groups -OCH3 is 2. The van der Waals surface area contributed by atoms with Gasteiger partial charge in [-0.05, 0) is 52.8 Å². The van der Waals surface area contributed by atoms with Crippen molar-refractivity contribution in [3.63, 3.8) is 0 Å². The number of carbonyl (C=O) groups excluding carboxylic acids is 3. The molecule has 0 saturated carbocycles. The summed E-state index contributed by atoms with van der Waals surface area (Å²) in [6, 6.07) is 4.80. The number of esters is 2. The number of likely N-dealkylation sites (N-methyl/N-ethyl adjacent to an activating group) is 1. The van der Waals surface area contributed by atoms with Gasteiger partial charge in [0.2, 0.25) is 0 Å². The molecule has 0 N–H and O–H groups in total. The minimum Gasteiger partial charge on any atom is -0.488 e. The Labute approximate surface area is 212 Å². The number of carbonyl (C=O) groups is 3. The monoisotopic (exact) mass is 506 g/mol. The average molecular weight is 507 g/mol. The van der Waals surface area contributed by atoms with E-state index in [9.17, 15) is 14.4 Å². The maximum Gasteiger partial charge on any atom is 0.410 e. The van der Waals surface area contributed by atoms with Gasteiger partial charge in [-0.2, -0.15) is 0 Å². The molecule has 2 fully saturated rings. The minimum absolute atomic E-state index is 0.0362. The topological polar surface area (TPSA) is 104 Å². The average Bonchev–Trinajstić information content (AvgIpc) is 2.82. The minimum atomic E-state index is -0.667. The second kappa shape index (κ2) is 11.9. The first kappa shape index (κ1) is 27.7. The van der Waals surface area contributed by atoms with Crippen molar-refractivity contribution in [1.29, 1.82) is 0 Å². The van der Waals surface area contributed by atoms with Crippen LogP contribution in [0.15, 0.2) is 18.2 Å². The van der Waals surface area contributed by atoms with E-state index >= 15 is 0 Å². The van der Waals surface area contributed by atoms with Crippen molar-refractivity contribution in [2.45, 2.75) is 63.9 Å². The molecule has 1 aromatic carbocycles. The van der Waals surface area contributed by atoms with Crippen LogP contribution in [0.3, 0.4) is 0 Å². The number of amides is 1. The van der Waals surface area contributed by atoms with E-state index in [0.717, 1.165) is 19.4 Å². The summed E-state index contributed by atoms with van der Waals surface area (Å²) in [5.74, 6) is -1.03. The quantitative estimate of drug-likeness (QED) is 0.425. The normalized spacial score (nSPS) is 21.6. The van der Waals surface area contributed by atoms with Crippen molar-refractivity contribution in [2.75, 3.05) is 47.4 Å². The molecule has 2 heterocycles. The van der Waals surface area contributed by atoms with Gasteiger partial charge in [0, 0.05) is 32.6 Å². The van der Waals surface area contributed by atoms with Crippen LogP contribution in [0.25, 0.3) is 0 Å². The Morgan fingerprint density at radius 3 is 2.17 bits per heavy atom. The number of benzene rings is 1. The molecule has 0 aromatic heterocycles. The third-order valence-electron chi connectivity index (χ3n) is 6.15. The summed E-state index contributed by atoms with van der Waals surface area (Å²) in [5.41, 5.74) is -0.376. The van der Waals surface area contributed by atoms with Crippen LogP contribution in [-0.2, 0) is 18.9 Å². The molecular formula is C26H38N2O8. The highest BCUT2D eigenvalue weighted by Gasteiger charge is 2.33. The van der Waals surface area contributed by atoms with Gasteiger partial charge >= 0.3 is 18.0 Å². The van der Waals surface area contributed by atoms with Crippen LogP contribution in [0.5, 0.6) is 5.75 Å². The number of piperidine rings is 2. The maximum absolute atomic E-state index is 12.5. The van der Waals surface area contributed by atoms with E-state index in [1.807, 2.05) is 27.8 Å². The Kier molecular flexibility index (Phi) is 9.19. The Morgan fingerprint density at radius 2 is 1.56 bits per heavy atom. The molecule has 0 aliphatic carbocycles. The zero-order chi connectivity index (χ0) is 26.5. The van der Waals surface area contributed by atoms with Crippen LogP contribution >= 0.6 is 0 Å². The lowest BCUT2D eigenvalue weighted by atomic mass is 10.0. The van der Waals surface area contributed by atoms with Crippen molar-refractivity contribution in [2.24, 2.45) is 0 Å². The van der Waals surface area contributed by atoms with Gasteiger partial charge in [-0.1, -0.05) is 6.07 Å². The molecule has 0 spiro atoms. The van der Waals surface area contributed by atoms with Gasteiger partial charge in [-0.25, -0.2) is 14.4 Å². The van der Waals surface area contributed by atoms with Crippen LogP contribution < -0.4 is 4.74 Å². The van der Waals surface area contributed by atoms with Crippen molar-refractivity contribution < 1.29 is 38.1 Å². The van der Waals surface area contributed by atoms with Gasteiger partial charge in [0.25, 0.3) is 0 Å². The third kappa shape index (κ3) is 7.33. The first-order valence-electron chi connectivity index (χ1n) is 12.3. The predicted molar refractivity (Wildman–Crippen MR) is 131 cm³/mol. The largest absolute Gasteiger partial charge is 0.488 e. The first-order valence-corrected chi connectivity index (χ1v) is 12.3. The maximum atomic E-state index is 12.5. The molecule has 2 saturated heterocycles. The molecular weight excluding hydrogens is 468 g/mol. The van der Waals surface area contributed by atoms with Crippen molar-refractivity contribution >= 4 is 18.0 Å². The molecule has 36 heavy (non-hydrogen) atoms. The van der Waals surface area contributed by atoms with E-state index in [1.165, 1.54) is 20.3 Å². The molecule has 10 heteroatoms. The standard InChI is InChI=1S/C26H38N2O8/c1-26(2,3)36-25(31)28-12-10-17(11-13-28)34-18-14-19(16-27(4)15-18)35-21-9-7-8-20(23(29)32-5)22(21)24(30)33-6/h7-9,17-19H,10-16H2,1-6H3/t18-,19-/m1/s1. The van der Waals surface area contributed by atoms with Gasteiger partial charge in [0.15, 0.2) is 0 Å². The van der Waals surface area contributed by atoms with Crippen molar-refractivity contribution in [3.05, 3.63) is 29.3 Å². The lowest BCUT2D eigenvalue weighted by Gasteiger charge is -2.39. The summed E-state index contributed by atoms with van der Waals surface area (Å²) < 4.78 is 27.8. The van der Waals surface area contributed by atoms with Crippen LogP contribution in [0.4, 0.5) is 4.79 Å². The summed E-state index contributed by atoms with van der Waals surface area (Å²) >= 11 is 0. The number of nitrogens with zero attached hydrogens (tertiary/aromatic N) is 2. The van der Waals surface area contributed by atoms with E-state index < -0.39 is 17.5 Å². The molecule has 2 atom stereocenters. The lowest BCUT2D eigenvalue weighted by Crippen LogP contribution is -2.49. The number of ether oxygens (including phenoxy) is 5. The van der Waals surface area contributed by atoms with Gasteiger partial charge < -0.3 is 33.5 Å². The molecule has 0 unspecified atom stereocenters. The fourth-order valence-electron chi connectivity index (χ4n) is 4.57. The zero-order valence-corrected chi connectivity index (χ0v) is 22.1. The summed E-state index contributed by atoms with van der Waals surface area (Å²) in [4.78, 5) is 40.9. The van der Waals surface area contributed by atoms with E-state index in [-0.39, 0.29) is 41.3 Å². The third-order valence-corrected chi connectivity index (χ3v) is 6.15. The smallest absolute Gasteiger partial charge is 0.410 e. The van der Waals surface area contributed by atoms with Crippen LogP contribution in [0.2, 0.25) is 0 Å². The zero-order valence-electron chi connectivity index (χ0n) is 22.1. The Bertz CT molecular complexity index is 936. The molecule has 1 aromatic rings. The highest BCUT2D eigenvalue weighted by atomic mass is 16.6. The Balaban J connectivity index is 1.62. The summed E-state index contributed by atoms with van der Waals surface area (Å²) in [6.07, 6.45) is 1.51. The van der Waals surface area contributed by atoms with Crippen LogP contribution in [-0.4, -0.2) is 99.2 Å². The summed E-state index contributed by atoms with van der Waals surface area (Å²) in [6.45, 7) is 8.14. The predicted octanol–water partition coefficient (Wildman–Crippen LogP) is 3.13. The van der Waals surface area contributed by atoms with Gasteiger partial charge in [-0.15, -0.1) is 0 Å². The SMILES string of the molecule is COC(=O)c1cccc(O[C@@H]2C[C@@H](OC3CCN(C(=O)OC(C)(C)C)CC3)CN(C)C2)c1C(=O)OC. The molecule has 1 amide bonds. The van der Waals surface area contributed by atoms with Crippen molar-refractivity contribution in [1.82, 2.24) is 9.80 Å². The number of likely N-dealkylation sites (tertiary alicyclic amines) is 2. The Hall–Kier alpha value is -2.85. The molecule has 10 nitrogen and oxygen atoms in total. The lowest BCUT2D eigenvalue weighted by molar-refractivity contribution is -0.0864. The molecule has 3 rings (SSSR count). The fraction of sp³-hybridized carbons (Fsp3) is 0.654. The second-order valence-electron chi connectivity index (χ2n) is 10.3. The first-order chi connectivity index (χ1) is 17.0. The molecule has 200 valence electrons.